The summed E-state index contributed by atoms with van der Waals surface area (Å²) in [6.07, 6.45) is 2.73. The number of aromatic nitrogens is 1. The predicted molar refractivity (Wildman–Crippen MR) is 95.2 cm³/mol. The van der Waals surface area contributed by atoms with Gasteiger partial charge in [-0.1, -0.05) is 37.6 Å². The van der Waals surface area contributed by atoms with Gasteiger partial charge in [0.1, 0.15) is 10.9 Å². The lowest BCUT2D eigenvalue weighted by molar-refractivity contribution is 0.498. The molecule has 112 valence electrons. The molecule has 0 aliphatic carbocycles. The molecule has 0 bridgehead atoms. The number of furan rings is 1. The topological polar surface area (TPSA) is 26.0 Å². The summed E-state index contributed by atoms with van der Waals surface area (Å²) in [5.41, 5.74) is 2.25. The van der Waals surface area contributed by atoms with Gasteiger partial charge < -0.3 is 4.42 Å². The second-order valence-corrected chi connectivity index (χ2v) is 7.55. The van der Waals surface area contributed by atoms with Crippen LogP contribution in [0.15, 0.2) is 28.8 Å². The van der Waals surface area contributed by atoms with Gasteiger partial charge in [0.05, 0.1) is 4.70 Å². The molecule has 2 nitrogen and oxygen atoms in total. The monoisotopic (exact) mass is 329 g/mol. The van der Waals surface area contributed by atoms with Gasteiger partial charge in [-0.25, -0.2) is 4.98 Å². The maximum atomic E-state index is 6.30. The van der Waals surface area contributed by atoms with Crippen LogP contribution < -0.4 is 0 Å². The number of aryl methyl sites for hydroxylation is 1. The summed E-state index contributed by atoms with van der Waals surface area (Å²) in [7, 11) is 0. The summed E-state index contributed by atoms with van der Waals surface area (Å²) in [4.78, 5) is 4.21. The Morgan fingerprint density at radius 3 is 2.77 bits per heavy atom. The molecule has 1 aromatic carbocycles. The highest BCUT2D eigenvalue weighted by Gasteiger charge is 2.17. The number of thiophene rings is 1. The number of pyridine rings is 1. The number of benzene rings is 1. The van der Waals surface area contributed by atoms with Crippen LogP contribution in [0.1, 0.15) is 25.2 Å². The van der Waals surface area contributed by atoms with Gasteiger partial charge in [-0.3, -0.25) is 0 Å². The highest BCUT2D eigenvalue weighted by Crippen LogP contribution is 2.42. The van der Waals surface area contributed by atoms with Crippen molar-refractivity contribution in [3.8, 4) is 0 Å². The predicted octanol–water partition coefficient (Wildman–Crippen LogP) is 6.36. The Morgan fingerprint density at radius 1 is 1.23 bits per heavy atom. The second kappa shape index (κ2) is 4.97. The molecule has 0 saturated carbocycles. The van der Waals surface area contributed by atoms with E-state index in [2.05, 4.69) is 37.9 Å². The molecule has 0 amide bonds. The lowest BCUT2D eigenvalue weighted by Crippen LogP contribution is -1.93. The fourth-order valence-electron chi connectivity index (χ4n) is 3.03. The van der Waals surface area contributed by atoms with Gasteiger partial charge in [0.15, 0.2) is 5.58 Å². The van der Waals surface area contributed by atoms with Crippen molar-refractivity contribution in [3.63, 3.8) is 0 Å². The van der Waals surface area contributed by atoms with Crippen LogP contribution in [0.25, 0.3) is 31.1 Å². The van der Waals surface area contributed by atoms with Gasteiger partial charge in [0.25, 0.3) is 0 Å². The molecule has 22 heavy (non-hydrogen) atoms. The molecular formula is C18H16ClNOS. The normalized spacial score (nSPS) is 12.2. The molecule has 3 aromatic heterocycles. The molecule has 0 saturated heterocycles. The fraction of sp³-hybridized carbons (Fsp3) is 0.278. The number of fused-ring (bicyclic) bond motifs is 5. The van der Waals surface area contributed by atoms with Crippen molar-refractivity contribution in [1.29, 1.82) is 0 Å². The molecule has 4 aromatic rings. The van der Waals surface area contributed by atoms with Crippen LogP contribution in [0.5, 0.6) is 0 Å². The minimum absolute atomic E-state index is 0.564. The van der Waals surface area contributed by atoms with Gasteiger partial charge >= 0.3 is 0 Å². The molecule has 0 atom stereocenters. The summed E-state index contributed by atoms with van der Waals surface area (Å²) in [6.45, 7) is 6.58. The van der Waals surface area contributed by atoms with Crippen LogP contribution in [0.4, 0.5) is 0 Å². The van der Waals surface area contributed by atoms with Crippen LogP contribution in [0.3, 0.4) is 0 Å². The van der Waals surface area contributed by atoms with Gasteiger partial charge in [-0.15, -0.1) is 11.3 Å². The van der Waals surface area contributed by atoms with Crippen molar-refractivity contribution in [2.75, 3.05) is 0 Å². The third-order valence-electron chi connectivity index (χ3n) is 4.10. The Labute approximate surface area is 137 Å². The van der Waals surface area contributed by atoms with E-state index < -0.39 is 0 Å². The third kappa shape index (κ3) is 1.96. The van der Waals surface area contributed by atoms with Crippen molar-refractivity contribution in [2.24, 2.45) is 5.92 Å². The van der Waals surface area contributed by atoms with Gasteiger partial charge in [0, 0.05) is 33.5 Å². The largest absolute Gasteiger partial charge is 0.459 e. The first-order chi connectivity index (χ1) is 10.6. The molecule has 3 heterocycles. The second-order valence-electron chi connectivity index (χ2n) is 6.14. The van der Waals surface area contributed by atoms with E-state index in [4.69, 9.17) is 16.0 Å². The molecule has 0 aliphatic rings. The molecule has 4 rings (SSSR count). The minimum atomic E-state index is 0.564. The van der Waals surface area contributed by atoms with Crippen molar-refractivity contribution in [1.82, 2.24) is 4.98 Å². The lowest BCUT2D eigenvalue weighted by Gasteiger charge is -2.01. The summed E-state index contributed by atoms with van der Waals surface area (Å²) >= 11 is 8.03. The fourth-order valence-corrected chi connectivity index (χ4v) is 4.53. The van der Waals surface area contributed by atoms with E-state index in [1.165, 1.54) is 15.6 Å². The maximum absolute atomic E-state index is 6.30. The van der Waals surface area contributed by atoms with Crippen molar-refractivity contribution in [3.05, 3.63) is 40.9 Å². The molecule has 0 aliphatic heterocycles. The zero-order chi connectivity index (χ0) is 15.4. The van der Waals surface area contributed by atoms with Gasteiger partial charge in [-0.05, 0) is 24.5 Å². The summed E-state index contributed by atoms with van der Waals surface area (Å²) in [5.74, 6) is 1.68. The maximum Gasteiger partial charge on any atom is 0.152 e. The molecule has 0 N–H and O–H groups in total. The molecule has 4 heteroatoms. The van der Waals surface area contributed by atoms with Crippen molar-refractivity contribution in [2.45, 2.75) is 27.2 Å². The number of rotatable bonds is 2. The quantitative estimate of drug-likeness (QED) is 0.400. The van der Waals surface area contributed by atoms with Crippen LogP contribution in [0, 0.1) is 12.8 Å². The van der Waals surface area contributed by atoms with Crippen LogP contribution in [-0.4, -0.2) is 4.98 Å². The summed E-state index contributed by atoms with van der Waals surface area (Å²) < 4.78 is 8.56. The highest BCUT2D eigenvalue weighted by molar-refractivity contribution is 7.26. The highest BCUT2D eigenvalue weighted by atomic mass is 35.5. The standard InChI is InChI=1S/C18H16ClNOS/c1-9(2)8-13-10(3)11-4-5-12-15-14(6-7-20-18(15)19)22-17(12)16(11)21-13/h4-7,9H,8H2,1-3H3. The Morgan fingerprint density at radius 2 is 2.00 bits per heavy atom. The minimum Gasteiger partial charge on any atom is -0.459 e. The van der Waals surface area contributed by atoms with Crippen molar-refractivity contribution < 1.29 is 4.42 Å². The van der Waals surface area contributed by atoms with E-state index in [-0.39, 0.29) is 0 Å². The number of hydrogen-bond acceptors (Lipinski definition) is 3. The first kappa shape index (κ1) is 14.0. The molecular weight excluding hydrogens is 314 g/mol. The van der Waals surface area contributed by atoms with E-state index in [0.717, 1.165) is 33.2 Å². The number of halogens is 1. The first-order valence-electron chi connectivity index (χ1n) is 7.44. The van der Waals surface area contributed by atoms with E-state index in [0.29, 0.717) is 11.1 Å². The van der Waals surface area contributed by atoms with Gasteiger partial charge in [0.2, 0.25) is 0 Å². The smallest absolute Gasteiger partial charge is 0.152 e. The summed E-state index contributed by atoms with van der Waals surface area (Å²) in [5, 5.41) is 3.94. The van der Waals surface area contributed by atoms with E-state index in [1.54, 1.807) is 17.5 Å². The van der Waals surface area contributed by atoms with Crippen LogP contribution in [0.2, 0.25) is 5.15 Å². The zero-order valence-electron chi connectivity index (χ0n) is 12.7. The molecule has 0 spiro atoms. The average molecular weight is 330 g/mol. The number of hydrogen-bond donors (Lipinski definition) is 0. The SMILES string of the molecule is Cc1c(CC(C)C)oc2c1ccc1c2sc2ccnc(Cl)c21. The van der Waals surface area contributed by atoms with Gasteiger partial charge in [-0.2, -0.15) is 0 Å². The molecule has 0 radical (unpaired) electrons. The number of nitrogens with zero attached hydrogens (tertiary/aromatic N) is 1. The Hall–Kier alpha value is -1.58. The molecule has 0 fully saturated rings. The third-order valence-corrected chi connectivity index (χ3v) is 5.56. The van der Waals surface area contributed by atoms with E-state index >= 15 is 0 Å². The first-order valence-corrected chi connectivity index (χ1v) is 8.63. The van der Waals surface area contributed by atoms with Crippen LogP contribution in [-0.2, 0) is 6.42 Å². The zero-order valence-corrected chi connectivity index (χ0v) is 14.3. The average Bonchev–Trinajstić information content (AvgIpc) is 2.98. The summed E-state index contributed by atoms with van der Waals surface area (Å²) in [6, 6.07) is 6.31. The van der Waals surface area contributed by atoms with E-state index in [1.807, 2.05) is 6.07 Å². The Bertz CT molecular complexity index is 1010. The van der Waals surface area contributed by atoms with Crippen molar-refractivity contribution >= 4 is 54.1 Å². The Balaban J connectivity index is 2.11. The van der Waals surface area contributed by atoms with Crippen LogP contribution >= 0.6 is 22.9 Å². The lowest BCUT2D eigenvalue weighted by atomic mass is 10.0. The van der Waals surface area contributed by atoms with E-state index in [9.17, 15) is 0 Å². The molecule has 0 unspecified atom stereocenters. The Kier molecular flexibility index (Phi) is 3.17.